The number of nitrogens with two attached hydrogens (primary N) is 2. The minimum Gasteiger partial charge on any atom is -0.329 e. The van der Waals surface area contributed by atoms with Crippen molar-refractivity contribution in [2.45, 2.75) is 12.2 Å². The lowest BCUT2D eigenvalue weighted by Gasteiger charge is -2.17. The highest BCUT2D eigenvalue weighted by atomic mass is 35.5. The molecule has 0 aliphatic heterocycles. The summed E-state index contributed by atoms with van der Waals surface area (Å²) in [4.78, 5) is 0. The molecule has 0 amide bonds. The average Bonchev–Trinajstić information content (AvgIpc) is 2.15. The molecule has 0 aliphatic rings. The molecule has 0 spiro atoms. The minimum absolute atomic E-state index is 0. The first kappa shape index (κ1) is 18.8. The molecule has 4 N–H and O–H groups in total. The molecule has 8 heteroatoms. The Balaban J connectivity index is 0. The van der Waals surface area contributed by atoms with Crippen LogP contribution in [0.25, 0.3) is 0 Å². The summed E-state index contributed by atoms with van der Waals surface area (Å²) in [6, 6.07) is 1.56. The van der Waals surface area contributed by atoms with Gasteiger partial charge in [0.05, 0.1) is 5.56 Å². The van der Waals surface area contributed by atoms with Crippen LogP contribution in [-0.4, -0.2) is 6.54 Å². The monoisotopic (exact) mass is 294 g/mol. The largest absolute Gasteiger partial charge is 0.416 e. The maximum Gasteiger partial charge on any atom is 0.416 e. The molecule has 0 fully saturated rings. The summed E-state index contributed by atoms with van der Waals surface area (Å²) in [5.41, 5.74) is 8.81. The lowest BCUT2D eigenvalue weighted by atomic mass is 10.00. The quantitative estimate of drug-likeness (QED) is 0.824. The van der Waals surface area contributed by atoms with Crippen molar-refractivity contribution >= 4 is 24.8 Å². The molecule has 1 aromatic rings. The van der Waals surface area contributed by atoms with Gasteiger partial charge in [-0.1, -0.05) is 6.07 Å². The van der Waals surface area contributed by atoms with Crippen LogP contribution in [0.4, 0.5) is 17.6 Å². The molecular formula is C9H12Cl2F4N2. The maximum atomic E-state index is 13.2. The van der Waals surface area contributed by atoms with Gasteiger partial charge in [0.25, 0.3) is 0 Å². The first-order valence-corrected chi connectivity index (χ1v) is 4.19. The van der Waals surface area contributed by atoms with Gasteiger partial charge < -0.3 is 11.5 Å². The summed E-state index contributed by atoms with van der Waals surface area (Å²) in [5, 5.41) is 0. The van der Waals surface area contributed by atoms with E-state index in [1.165, 1.54) is 0 Å². The Morgan fingerprint density at radius 1 is 1.18 bits per heavy atom. The molecule has 0 aliphatic carbocycles. The third-order valence-electron chi connectivity index (χ3n) is 1.98. The highest BCUT2D eigenvalue weighted by molar-refractivity contribution is 5.85. The van der Waals surface area contributed by atoms with Crippen LogP contribution in [0, 0.1) is 5.82 Å². The van der Waals surface area contributed by atoms with E-state index in [1.807, 2.05) is 0 Å². The summed E-state index contributed by atoms with van der Waals surface area (Å²) >= 11 is 0. The molecule has 1 rings (SSSR count). The fourth-order valence-corrected chi connectivity index (χ4v) is 1.28. The van der Waals surface area contributed by atoms with Gasteiger partial charge in [0, 0.05) is 18.2 Å². The number of alkyl halides is 3. The molecule has 1 aromatic carbocycles. The number of halogens is 6. The van der Waals surface area contributed by atoms with Crippen molar-refractivity contribution in [3.63, 3.8) is 0 Å². The fraction of sp³-hybridized carbons (Fsp3) is 0.333. The number of benzene rings is 1. The second-order valence-electron chi connectivity index (χ2n) is 3.04. The van der Waals surface area contributed by atoms with E-state index >= 15 is 0 Å². The summed E-state index contributed by atoms with van der Waals surface area (Å²) in [5.74, 6) is -0.984. The third-order valence-corrected chi connectivity index (χ3v) is 1.98. The lowest BCUT2D eigenvalue weighted by molar-refractivity contribution is -0.138. The number of rotatable bonds is 2. The van der Waals surface area contributed by atoms with Crippen molar-refractivity contribution in [3.8, 4) is 0 Å². The molecule has 0 radical (unpaired) electrons. The van der Waals surface area contributed by atoms with Crippen molar-refractivity contribution in [2.24, 2.45) is 11.5 Å². The Hall–Kier alpha value is -0.560. The summed E-state index contributed by atoms with van der Waals surface area (Å²) in [6.45, 7) is -0.246. The van der Waals surface area contributed by atoms with Gasteiger partial charge in [0.1, 0.15) is 5.82 Å². The Labute approximate surface area is 108 Å². The van der Waals surface area contributed by atoms with Crippen molar-refractivity contribution < 1.29 is 17.6 Å². The van der Waals surface area contributed by atoms with Crippen LogP contribution in [0.5, 0.6) is 0 Å². The van der Waals surface area contributed by atoms with Gasteiger partial charge in [-0.2, -0.15) is 13.2 Å². The van der Waals surface area contributed by atoms with E-state index in [4.69, 9.17) is 11.5 Å². The van der Waals surface area contributed by atoms with Gasteiger partial charge in [0.2, 0.25) is 0 Å². The first-order chi connectivity index (χ1) is 6.88. The van der Waals surface area contributed by atoms with E-state index in [1.54, 1.807) is 0 Å². The molecular weight excluding hydrogens is 283 g/mol. The van der Waals surface area contributed by atoms with E-state index in [2.05, 4.69) is 0 Å². The summed E-state index contributed by atoms with van der Waals surface area (Å²) < 4.78 is 50.6. The first-order valence-electron chi connectivity index (χ1n) is 4.19. The van der Waals surface area contributed by atoms with Crippen LogP contribution < -0.4 is 11.5 Å². The molecule has 100 valence electrons. The SMILES string of the molecule is Cl.Cl.NC[C@H](N)c1c(F)cccc1C(F)(F)F. The van der Waals surface area contributed by atoms with Gasteiger partial charge >= 0.3 is 6.18 Å². The molecule has 0 bridgehead atoms. The minimum atomic E-state index is -4.62. The van der Waals surface area contributed by atoms with Gasteiger partial charge in [-0.05, 0) is 12.1 Å². The predicted octanol–water partition coefficient (Wildman–Crippen LogP) is 2.65. The lowest BCUT2D eigenvalue weighted by Crippen LogP contribution is -2.25. The molecule has 2 nitrogen and oxygen atoms in total. The topological polar surface area (TPSA) is 52.0 Å². The molecule has 1 atom stereocenters. The molecule has 17 heavy (non-hydrogen) atoms. The molecule has 0 unspecified atom stereocenters. The number of hydrogen-bond acceptors (Lipinski definition) is 2. The molecule has 0 saturated carbocycles. The Kier molecular flexibility index (Phi) is 7.74. The van der Waals surface area contributed by atoms with Crippen molar-refractivity contribution in [2.75, 3.05) is 6.54 Å². The summed E-state index contributed by atoms with van der Waals surface area (Å²) in [7, 11) is 0. The van der Waals surface area contributed by atoms with Crippen LogP contribution in [0.2, 0.25) is 0 Å². The average molecular weight is 295 g/mol. The highest BCUT2D eigenvalue weighted by Gasteiger charge is 2.35. The highest BCUT2D eigenvalue weighted by Crippen LogP contribution is 2.34. The van der Waals surface area contributed by atoms with Crippen LogP contribution in [0.3, 0.4) is 0 Å². The van der Waals surface area contributed by atoms with Gasteiger partial charge in [0.15, 0.2) is 0 Å². The van der Waals surface area contributed by atoms with E-state index in [0.717, 1.165) is 18.2 Å². The smallest absolute Gasteiger partial charge is 0.329 e. The maximum absolute atomic E-state index is 13.2. The zero-order chi connectivity index (χ0) is 11.6. The van der Waals surface area contributed by atoms with Crippen molar-refractivity contribution in [1.82, 2.24) is 0 Å². The Morgan fingerprint density at radius 3 is 2.12 bits per heavy atom. The summed E-state index contributed by atoms with van der Waals surface area (Å²) in [6.07, 6.45) is -4.62. The fourth-order valence-electron chi connectivity index (χ4n) is 1.28. The molecule has 0 heterocycles. The van der Waals surface area contributed by atoms with Crippen molar-refractivity contribution in [1.29, 1.82) is 0 Å². The molecule has 0 saturated heterocycles. The van der Waals surface area contributed by atoms with Crippen LogP contribution in [-0.2, 0) is 6.18 Å². The molecule has 0 aromatic heterocycles. The van der Waals surface area contributed by atoms with Crippen molar-refractivity contribution in [3.05, 3.63) is 35.1 Å². The van der Waals surface area contributed by atoms with Crippen LogP contribution in [0.15, 0.2) is 18.2 Å². The van der Waals surface area contributed by atoms with Gasteiger partial charge in [-0.3, -0.25) is 0 Å². The number of hydrogen-bond donors (Lipinski definition) is 2. The van der Waals surface area contributed by atoms with E-state index in [-0.39, 0.29) is 31.4 Å². The van der Waals surface area contributed by atoms with Gasteiger partial charge in [-0.15, -0.1) is 24.8 Å². The van der Waals surface area contributed by atoms with E-state index in [9.17, 15) is 17.6 Å². The van der Waals surface area contributed by atoms with E-state index in [0.29, 0.717) is 0 Å². The predicted molar refractivity (Wildman–Crippen MR) is 61.9 cm³/mol. The third kappa shape index (κ3) is 4.31. The Morgan fingerprint density at radius 2 is 1.71 bits per heavy atom. The zero-order valence-corrected chi connectivity index (χ0v) is 10.1. The standard InChI is InChI=1S/C9H10F4N2.2ClH/c10-6-3-1-2-5(9(11,12)13)8(6)7(15)4-14;;/h1-3,7H,4,14-15H2;2*1H/t7-;;/m0../s1. The van der Waals surface area contributed by atoms with Gasteiger partial charge in [-0.25, -0.2) is 4.39 Å². The zero-order valence-electron chi connectivity index (χ0n) is 8.50. The Bertz CT molecular complexity index is 357. The second kappa shape index (κ2) is 7.00. The van der Waals surface area contributed by atoms with Crippen LogP contribution >= 0.6 is 24.8 Å². The second-order valence-corrected chi connectivity index (χ2v) is 3.04. The van der Waals surface area contributed by atoms with Crippen LogP contribution in [0.1, 0.15) is 17.2 Å². The normalized spacial score (nSPS) is 12.4. The van der Waals surface area contributed by atoms with E-state index < -0.39 is 29.2 Å².